The SMILES string of the molecule is CCOP(=O)(COc1cc2c(cc1-c1cnc(C)nc1)c(C(C)=O)nn2CC(C)(C)C)OCC. The molecule has 0 amide bonds. The first kappa shape index (κ1) is 26.0. The van der Waals surface area contributed by atoms with Crippen LogP contribution in [0.15, 0.2) is 24.5 Å². The second-order valence-electron chi connectivity index (χ2n) is 9.23. The number of aromatic nitrogens is 4. The number of carbonyl (C=O) groups excluding carboxylic acids is 1. The number of hydrogen-bond acceptors (Lipinski definition) is 8. The lowest BCUT2D eigenvalue weighted by Gasteiger charge is -2.20. The second-order valence-corrected chi connectivity index (χ2v) is 11.2. The average Bonchev–Trinajstić information content (AvgIpc) is 3.09. The van der Waals surface area contributed by atoms with E-state index in [2.05, 4.69) is 35.8 Å². The summed E-state index contributed by atoms with van der Waals surface area (Å²) in [5.41, 5.74) is 2.41. The van der Waals surface area contributed by atoms with E-state index in [0.717, 1.165) is 5.52 Å². The number of ketones is 1. The van der Waals surface area contributed by atoms with Crippen molar-refractivity contribution in [1.82, 2.24) is 19.7 Å². The molecule has 3 aromatic rings. The third kappa shape index (κ3) is 6.09. The summed E-state index contributed by atoms with van der Waals surface area (Å²) in [6, 6.07) is 3.67. The standard InChI is InChI=1S/C24H33N4O5P/c1-8-32-34(30,33-9-2)15-31-22-11-21-20(10-19(22)18-12-25-17(4)26-13-18)23(16(3)29)27-28(21)14-24(5,6)7/h10-13H,8-9,14-15H2,1-7H3. The second kappa shape index (κ2) is 10.3. The minimum Gasteiger partial charge on any atom is -0.480 e. The molecular formula is C24H33N4O5P. The predicted octanol–water partition coefficient (Wildman–Crippen LogP) is 5.65. The third-order valence-electron chi connectivity index (χ3n) is 4.93. The van der Waals surface area contributed by atoms with Crippen molar-refractivity contribution in [2.24, 2.45) is 5.41 Å². The molecule has 0 bridgehead atoms. The zero-order valence-corrected chi connectivity index (χ0v) is 21.8. The van der Waals surface area contributed by atoms with Gasteiger partial charge in [0.25, 0.3) is 0 Å². The van der Waals surface area contributed by atoms with Crippen molar-refractivity contribution >= 4 is 24.3 Å². The molecule has 0 N–H and O–H groups in total. The Kier molecular flexibility index (Phi) is 7.91. The molecule has 0 spiro atoms. The molecule has 9 nitrogen and oxygen atoms in total. The van der Waals surface area contributed by atoms with Crippen LogP contribution in [0.25, 0.3) is 22.0 Å². The quantitative estimate of drug-likeness (QED) is 0.266. The van der Waals surface area contributed by atoms with E-state index in [1.54, 1.807) is 33.2 Å². The zero-order chi connectivity index (χ0) is 25.1. The largest absolute Gasteiger partial charge is 0.480 e. The Bertz CT molecular complexity index is 1200. The van der Waals surface area contributed by atoms with Gasteiger partial charge >= 0.3 is 7.60 Å². The molecule has 2 aromatic heterocycles. The van der Waals surface area contributed by atoms with Gasteiger partial charge in [0.2, 0.25) is 0 Å². The molecule has 3 rings (SSSR count). The number of Topliss-reactive ketones (excluding diaryl/α,β-unsaturated/α-hetero) is 1. The van der Waals surface area contributed by atoms with Gasteiger partial charge in [-0.15, -0.1) is 0 Å². The number of benzene rings is 1. The highest BCUT2D eigenvalue weighted by atomic mass is 31.2. The van der Waals surface area contributed by atoms with E-state index in [-0.39, 0.29) is 30.8 Å². The van der Waals surface area contributed by atoms with E-state index in [9.17, 15) is 9.36 Å². The Labute approximate surface area is 200 Å². The highest BCUT2D eigenvalue weighted by Crippen LogP contribution is 2.49. The van der Waals surface area contributed by atoms with Crippen molar-refractivity contribution in [2.45, 2.75) is 55.0 Å². The van der Waals surface area contributed by atoms with Crippen molar-refractivity contribution in [2.75, 3.05) is 19.6 Å². The minimum atomic E-state index is -3.45. The van der Waals surface area contributed by atoms with Gasteiger partial charge in [-0.25, -0.2) is 9.97 Å². The van der Waals surface area contributed by atoms with Crippen LogP contribution in [0.1, 0.15) is 57.9 Å². The lowest BCUT2D eigenvalue weighted by molar-refractivity contribution is 0.101. The van der Waals surface area contributed by atoms with Crippen molar-refractivity contribution in [3.63, 3.8) is 0 Å². The number of aryl methyl sites for hydroxylation is 1. The molecule has 184 valence electrons. The van der Waals surface area contributed by atoms with Gasteiger partial charge in [-0.3, -0.25) is 14.0 Å². The van der Waals surface area contributed by atoms with Crippen LogP contribution in [0, 0.1) is 12.3 Å². The molecule has 0 aliphatic carbocycles. The van der Waals surface area contributed by atoms with Gasteiger partial charge in [0.15, 0.2) is 12.1 Å². The summed E-state index contributed by atoms with van der Waals surface area (Å²) in [7, 11) is -3.45. The van der Waals surface area contributed by atoms with Gasteiger partial charge < -0.3 is 13.8 Å². The Morgan fingerprint density at radius 1 is 1.09 bits per heavy atom. The first-order chi connectivity index (χ1) is 16.0. The molecular weight excluding hydrogens is 455 g/mol. The molecule has 1 aromatic carbocycles. The van der Waals surface area contributed by atoms with E-state index in [4.69, 9.17) is 13.8 Å². The van der Waals surface area contributed by atoms with Gasteiger partial charge in [0.1, 0.15) is 17.3 Å². The number of hydrogen-bond donors (Lipinski definition) is 0. The molecule has 0 aliphatic heterocycles. The maximum absolute atomic E-state index is 13.0. The smallest absolute Gasteiger partial charge is 0.367 e. The molecule has 2 heterocycles. The number of fused-ring (bicyclic) bond motifs is 1. The van der Waals surface area contributed by atoms with E-state index in [1.165, 1.54) is 6.92 Å². The topological polar surface area (TPSA) is 105 Å². The van der Waals surface area contributed by atoms with Crippen LogP contribution < -0.4 is 4.74 Å². The van der Waals surface area contributed by atoms with Crippen LogP contribution in [0.2, 0.25) is 0 Å². The van der Waals surface area contributed by atoms with E-state index in [0.29, 0.717) is 40.3 Å². The Morgan fingerprint density at radius 3 is 2.24 bits per heavy atom. The summed E-state index contributed by atoms with van der Waals surface area (Å²) in [6.07, 6.45) is 3.12. The molecule has 0 aliphatic rings. The third-order valence-corrected chi connectivity index (χ3v) is 6.68. The summed E-state index contributed by atoms with van der Waals surface area (Å²) in [4.78, 5) is 21.0. The molecule has 0 unspecified atom stereocenters. The van der Waals surface area contributed by atoms with Crippen LogP contribution >= 0.6 is 7.60 Å². The number of nitrogens with zero attached hydrogens (tertiary/aromatic N) is 4. The molecule has 0 atom stereocenters. The first-order valence-corrected chi connectivity index (χ1v) is 13.0. The maximum atomic E-state index is 13.0. The molecule has 10 heteroatoms. The first-order valence-electron chi connectivity index (χ1n) is 11.3. The van der Waals surface area contributed by atoms with E-state index < -0.39 is 7.60 Å². The van der Waals surface area contributed by atoms with E-state index in [1.807, 2.05) is 16.8 Å². The van der Waals surface area contributed by atoms with Crippen LogP contribution in [0.5, 0.6) is 5.75 Å². The predicted molar refractivity (Wildman–Crippen MR) is 131 cm³/mol. The average molecular weight is 489 g/mol. The van der Waals surface area contributed by atoms with Crippen molar-refractivity contribution in [3.8, 4) is 16.9 Å². The Balaban J connectivity index is 2.19. The van der Waals surface area contributed by atoms with Crippen molar-refractivity contribution in [3.05, 3.63) is 36.0 Å². The van der Waals surface area contributed by atoms with Gasteiger partial charge in [-0.2, -0.15) is 5.10 Å². The Hall–Kier alpha value is -2.61. The fraction of sp³-hybridized carbons (Fsp3) is 0.500. The lowest BCUT2D eigenvalue weighted by Crippen LogP contribution is -2.16. The van der Waals surface area contributed by atoms with Crippen LogP contribution in [0.4, 0.5) is 0 Å². The van der Waals surface area contributed by atoms with Crippen LogP contribution in [-0.4, -0.2) is 45.1 Å². The molecule has 0 radical (unpaired) electrons. The molecule has 34 heavy (non-hydrogen) atoms. The van der Waals surface area contributed by atoms with Gasteiger partial charge in [-0.1, -0.05) is 20.8 Å². The van der Waals surface area contributed by atoms with Gasteiger partial charge in [0.05, 0.1) is 18.7 Å². The molecule has 0 saturated carbocycles. The number of carbonyl (C=O) groups is 1. The summed E-state index contributed by atoms with van der Waals surface area (Å²) < 4.78 is 31.7. The van der Waals surface area contributed by atoms with Gasteiger partial charge in [0, 0.05) is 48.4 Å². The zero-order valence-electron chi connectivity index (χ0n) is 20.9. The molecule has 0 saturated heterocycles. The highest BCUT2D eigenvalue weighted by Gasteiger charge is 2.27. The summed E-state index contributed by atoms with van der Waals surface area (Å²) in [6.45, 7) is 14.2. The van der Waals surface area contributed by atoms with E-state index >= 15 is 0 Å². The minimum absolute atomic E-state index is 0.0723. The van der Waals surface area contributed by atoms with Crippen molar-refractivity contribution in [1.29, 1.82) is 0 Å². The van der Waals surface area contributed by atoms with Crippen molar-refractivity contribution < 1.29 is 23.1 Å². The fourth-order valence-electron chi connectivity index (χ4n) is 3.56. The Morgan fingerprint density at radius 2 is 1.71 bits per heavy atom. The van der Waals surface area contributed by atoms with Crippen LogP contribution in [-0.2, 0) is 20.2 Å². The highest BCUT2D eigenvalue weighted by molar-refractivity contribution is 7.53. The number of rotatable bonds is 10. The lowest BCUT2D eigenvalue weighted by atomic mass is 9.97. The normalized spacial score (nSPS) is 12.3. The molecule has 0 fully saturated rings. The summed E-state index contributed by atoms with van der Waals surface area (Å²) in [5.74, 6) is 0.950. The summed E-state index contributed by atoms with van der Waals surface area (Å²) >= 11 is 0. The monoisotopic (exact) mass is 488 g/mol. The van der Waals surface area contributed by atoms with Crippen LogP contribution in [0.3, 0.4) is 0 Å². The van der Waals surface area contributed by atoms with Gasteiger partial charge in [-0.05, 0) is 32.3 Å². The maximum Gasteiger partial charge on any atom is 0.367 e. The fourth-order valence-corrected chi connectivity index (χ4v) is 4.87. The summed E-state index contributed by atoms with van der Waals surface area (Å²) in [5, 5.41) is 5.31. The number of ether oxygens (including phenoxy) is 1.